The molecular weight excluding hydrogens is 370 g/mol. The standard InChI is InChI=1S/C23H29NO3S/c1-15-12-20-21(23(5,6)11-10-22(20,3)4)16(2)19(15)14-24-17-8-7-9-18(13-17)28(25,26)27/h7-9,12-14H,10-11H2,1-6H3,(H,25,26,27). The first-order valence-electron chi connectivity index (χ1n) is 9.60. The molecule has 0 heterocycles. The van der Waals surface area contributed by atoms with Gasteiger partial charge in [-0.1, -0.05) is 39.8 Å². The zero-order chi connectivity index (χ0) is 20.9. The van der Waals surface area contributed by atoms with E-state index in [1.165, 1.54) is 35.2 Å². The number of hydrogen-bond acceptors (Lipinski definition) is 3. The summed E-state index contributed by atoms with van der Waals surface area (Å²) in [4.78, 5) is 4.36. The van der Waals surface area contributed by atoms with Crippen LogP contribution in [-0.4, -0.2) is 19.2 Å². The summed E-state index contributed by atoms with van der Waals surface area (Å²) in [5, 5.41) is 0. The van der Waals surface area contributed by atoms with Gasteiger partial charge in [-0.05, 0) is 83.5 Å². The third kappa shape index (κ3) is 3.78. The van der Waals surface area contributed by atoms with Gasteiger partial charge in [0, 0.05) is 6.21 Å². The van der Waals surface area contributed by atoms with Gasteiger partial charge < -0.3 is 0 Å². The molecule has 0 aromatic heterocycles. The molecule has 0 unspecified atom stereocenters. The van der Waals surface area contributed by atoms with Crippen molar-refractivity contribution in [3.05, 3.63) is 58.1 Å². The maximum Gasteiger partial charge on any atom is 0.294 e. The number of hydrogen-bond donors (Lipinski definition) is 1. The number of aryl methyl sites for hydroxylation is 1. The summed E-state index contributed by atoms with van der Waals surface area (Å²) in [6.07, 6.45) is 4.12. The molecule has 5 heteroatoms. The fraction of sp³-hybridized carbons (Fsp3) is 0.435. The molecular formula is C23H29NO3S. The molecule has 0 aliphatic heterocycles. The van der Waals surface area contributed by atoms with Gasteiger partial charge in [-0.2, -0.15) is 8.42 Å². The first-order chi connectivity index (χ1) is 12.8. The first-order valence-corrected chi connectivity index (χ1v) is 11.0. The van der Waals surface area contributed by atoms with Crippen LogP contribution in [0, 0.1) is 13.8 Å². The van der Waals surface area contributed by atoms with Crippen molar-refractivity contribution in [2.45, 2.75) is 70.1 Å². The minimum Gasteiger partial charge on any atom is -0.282 e. The summed E-state index contributed by atoms with van der Waals surface area (Å²) in [5.74, 6) is 0. The van der Waals surface area contributed by atoms with E-state index in [0.717, 1.165) is 17.5 Å². The lowest BCUT2D eigenvalue weighted by Gasteiger charge is -2.43. The maximum absolute atomic E-state index is 11.4. The molecule has 150 valence electrons. The van der Waals surface area contributed by atoms with Gasteiger partial charge in [0.2, 0.25) is 0 Å². The van der Waals surface area contributed by atoms with E-state index in [9.17, 15) is 13.0 Å². The average Bonchev–Trinajstić information content (AvgIpc) is 2.58. The van der Waals surface area contributed by atoms with Crippen molar-refractivity contribution >= 4 is 22.0 Å². The molecule has 1 aliphatic carbocycles. The van der Waals surface area contributed by atoms with E-state index in [4.69, 9.17) is 0 Å². The highest BCUT2D eigenvalue weighted by Crippen LogP contribution is 2.48. The van der Waals surface area contributed by atoms with Gasteiger partial charge in [0.05, 0.1) is 10.6 Å². The van der Waals surface area contributed by atoms with Crippen LogP contribution >= 0.6 is 0 Å². The summed E-state index contributed by atoms with van der Waals surface area (Å²) in [7, 11) is -4.24. The van der Waals surface area contributed by atoms with E-state index < -0.39 is 10.1 Å². The quantitative estimate of drug-likeness (QED) is 0.536. The average molecular weight is 400 g/mol. The Bertz CT molecular complexity index is 1060. The zero-order valence-electron chi connectivity index (χ0n) is 17.5. The molecule has 0 radical (unpaired) electrons. The van der Waals surface area contributed by atoms with Crippen LogP contribution in [0.2, 0.25) is 0 Å². The van der Waals surface area contributed by atoms with Crippen molar-refractivity contribution in [1.82, 2.24) is 0 Å². The van der Waals surface area contributed by atoms with Crippen molar-refractivity contribution in [2.75, 3.05) is 0 Å². The van der Waals surface area contributed by atoms with Gasteiger partial charge in [0.25, 0.3) is 10.1 Å². The molecule has 28 heavy (non-hydrogen) atoms. The molecule has 0 fully saturated rings. The highest BCUT2D eigenvalue weighted by molar-refractivity contribution is 7.85. The predicted molar refractivity (Wildman–Crippen MR) is 115 cm³/mol. The van der Waals surface area contributed by atoms with Crippen LogP contribution in [-0.2, 0) is 20.9 Å². The van der Waals surface area contributed by atoms with Crippen LogP contribution in [0.5, 0.6) is 0 Å². The van der Waals surface area contributed by atoms with Crippen LogP contribution in [0.4, 0.5) is 5.69 Å². The Labute approximate surface area is 168 Å². The van der Waals surface area contributed by atoms with Crippen LogP contribution in [0.25, 0.3) is 0 Å². The Kier molecular flexibility index (Phi) is 5.05. The molecule has 1 aliphatic rings. The van der Waals surface area contributed by atoms with Gasteiger partial charge >= 0.3 is 0 Å². The fourth-order valence-corrected chi connectivity index (χ4v) is 4.87. The number of aliphatic imine (C=N–C) groups is 1. The summed E-state index contributed by atoms with van der Waals surface area (Å²) < 4.78 is 32.0. The second-order valence-electron chi connectivity index (χ2n) is 9.15. The second-order valence-corrected chi connectivity index (χ2v) is 10.6. The third-order valence-electron chi connectivity index (χ3n) is 6.07. The lowest BCUT2D eigenvalue weighted by Crippen LogP contribution is -2.35. The number of rotatable bonds is 3. The Hall–Kier alpha value is -1.98. The normalized spacial score (nSPS) is 18.2. The van der Waals surface area contributed by atoms with Gasteiger partial charge in [0.1, 0.15) is 0 Å². The van der Waals surface area contributed by atoms with Crippen molar-refractivity contribution in [1.29, 1.82) is 0 Å². The Morgan fingerprint density at radius 3 is 2.32 bits per heavy atom. The zero-order valence-corrected chi connectivity index (χ0v) is 18.3. The van der Waals surface area contributed by atoms with Crippen molar-refractivity contribution < 1.29 is 13.0 Å². The Morgan fingerprint density at radius 2 is 1.68 bits per heavy atom. The number of benzene rings is 2. The van der Waals surface area contributed by atoms with Gasteiger partial charge in [0.15, 0.2) is 0 Å². The SMILES string of the molecule is Cc1cc2c(c(C)c1C=Nc1cccc(S(=O)(=O)O)c1)C(C)(C)CCC2(C)C. The summed E-state index contributed by atoms with van der Waals surface area (Å²) in [6, 6.07) is 8.32. The Morgan fingerprint density at radius 1 is 1.04 bits per heavy atom. The first kappa shape index (κ1) is 20.7. The van der Waals surface area contributed by atoms with Crippen LogP contribution in [0.3, 0.4) is 0 Å². The van der Waals surface area contributed by atoms with E-state index in [0.29, 0.717) is 5.69 Å². The van der Waals surface area contributed by atoms with Crippen molar-refractivity contribution in [2.24, 2.45) is 4.99 Å². The van der Waals surface area contributed by atoms with E-state index in [1.807, 2.05) is 6.21 Å². The minimum atomic E-state index is -4.24. The van der Waals surface area contributed by atoms with Gasteiger partial charge in [-0.15, -0.1) is 0 Å². The molecule has 0 saturated carbocycles. The van der Waals surface area contributed by atoms with Crippen LogP contribution in [0.1, 0.15) is 68.4 Å². The third-order valence-corrected chi connectivity index (χ3v) is 6.92. The molecule has 0 saturated heterocycles. The van der Waals surface area contributed by atoms with Gasteiger partial charge in [-0.25, -0.2) is 0 Å². The minimum absolute atomic E-state index is 0.107. The molecule has 3 rings (SSSR count). The van der Waals surface area contributed by atoms with Crippen molar-refractivity contribution in [3.63, 3.8) is 0 Å². The monoisotopic (exact) mass is 399 g/mol. The van der Waals surface area contributed by atoms with E-state index in [1.54, 1.807) is 12.1 Å². The second kappa shape index (κ2) is 6.82. The molecule has 2 aromatic rings. The summed E-state index contributed by atoms with van der Waals surface area (Å²) in [5.41, 5.74) is 7.05. The Balaban J connectivity index is 2.11. The molecule has 0 bridgehead atoms. The largest absolute Gasteiger partial charge is 0.294 e. The van der Waals surface area contributed by atoms with Crippen LogP contribution in [0.15, 0.2) is 40.2 Å². The van der Waals surface area contributed by atoms with E-state index in [-0.39, 0.29) is 15.7 Å². The summed E-state index contributed by atoms with van der Waals surface area (Å²) in [6.45, 7) is 13.5. The van der Waals surface area contributed by atoms with Crippen molar-refractivity contribution in [3.8, 4) is 0 Å². The van der Waals surface area contributed by atoms with Gasteiger partial charge in [-0.3, -0.25) is 9.55 Å². The highest BCUT2D eigenvalue weighted by atomic mass is 32.2. The van der Waals surface area contributed by atoms with E-state index >= 15 is 0 Å². The molecule has 0 spiro atoms. The highest BCUT2D eigenvalue weighted by Gasteiger charge is 2.38. The topological polar surface area (TPSA) is 66.7 Å². The van der Waals surface area contributed by atoms with Crippen LogP contribution < -0.4 is 0 Å². The predicted octanol–water partition coefficient (Wildman–Crippen LogP) is 5.65. The molecule has 2 aromatic carbocycles. The lowest BCUT2D eigenvalue weighted by molar-refractivity contribution is 0.330. The fourth-order valence-electron chi connectivity index (χ4n) is 4.35. The maximum atomic E-state index is 11.4. The molecule has 0 amide bonds. The summed E-state index contributed by atoms with van der Waals surface area (Å²) >= 11 is 0. The van der Waals surface area contributed by atoms with E-state index in [2.05, 4.69) is 52.6 Å². The molecule has 0 atom stereocenters. The number of nitrogens with zero attached hydrogens (tertiary/aromatic N) is 1. The molecule has 1 N–H and O–H groups in total. The lowest BCUT2D eigenvalue weighted by atomic mass is 9.61. The number of fused-ring (bicyclic) bond motifs is 1. The smallest absolute Gasteiger partial charge is 0.282 e. The molecule has 4 nitrogen and oxygen atoms in total.